The smallest absolute Gasteiger partial charge is 0.336 e. The van der Waals surface area contributed by atoms with E-state index in [1.54, 1.807) is 59.5 Å². The molecule has 0 spiro atoms. The molecule has 1 fully saturated rings. The number of rotatable bonds is 5. The zero-order chi connectivity index (χ0) is 25.7. The summed E-state index contributed by atoms with van der Waals surface area (Å²) in [5, 5.41) is 2.78. The Bertz CT molecular complexity index is 1250. The van der Waals surface area contributed by atoms with Gasteiger partial charge >= 0.3 is 11.9 Å². The highest BCUT2D eigenvalue weighted by atomic mass is 32.1. The quantitative estimate of drug-likeness (QED) is 0.417. The number of nitrogens with one attached hydrogen (secondary N) is 1. The van der Waals surface area contributed by atoms with Crippen molar-refractivity contribution in [1.29, 1.82) is 0 Å². The van der Waals surface area contributed by atoms with Crippen molar-refractivity contribution >= 4 is 35.2 Å². The Hall–Kier alpha value is -4.04. The van der Waals surface area contributed by atoms with Crippen LogP contribution >= 0.6 is 12.2 Å². The summed E-state index contributed by atoms with van der Waals surface area (Å²) in [4.78, 5) is 41.5. The lowest BCUT2D eigenvalue weighted by molar-refractivity contribution is -0.152. The largest absolute Gasteiger partial charge is 0.469 e. The normalized spacial score (nSPS) is 20.9. The van der Waals surface area contributed by atoms with E-state index < -0.39 is 35.3 Å². The number of nitrogens with zero attached hydrogens (tertiary/aromatic N) is 1. The van der Waals surface area contributed by atoms with Crippen molar-refractivity contribution in [2.45, 2.75) is 18.0 Å². The van der Waals surface area contributed by atoms with E-state index in [0.717, 1.165) is 5.56 Å². The SMILES string of the molecule is COC(=O)[C@H]1C[C@](C(=O)OC)(c2ccccc2)N(C(=S)NC(=O)c2ccccc2)[C@H]1c1ccccc1. The van der Waals surface area contributed by atoms with Gasteiger partial charge in [-0.15, -0.1) is 0 Å². The number of amides is 1. The summed E-state index contributed by atoms with van der Waals surface area (Å²) in [5.74, 6) is -2.30. The topological polar surface area (TPSA) is 84.9 Å². The van der Waals surface area contributed by atoms with Gasteiger partial charge in [-0.3, -0.25) is 14.9 Å². The highest BCUT2D eigenvalue weighted by Crippen LogP contribution is 2.53. The average molecular weight is 503 g/mol. The standard InChI is InChI=1S/C28H26N2O5S/c1-34-25(32)22-18-28(26(33)35-2,21-16-10-5-11-17-21)30(23(22)19-12-6-3-7-13-19)27(36)29-24(31)20-14-8-4-9-15-20/h3-17,22-23H,18H2,1-2H3,(H,29,31,36)/t22-,23-,28+/m0/s1. The Morgan fingerprint density at radius 2 is 1.42 bits per heavy atom. The maximum Gasteiger partial charge on any atom is 0.336 e. The molecule has 1 N–H and O–H groups in total. The minimum atomic E-state index is -1.49. The molecule has 8 heteroatoms. The second kappa shape index (κ2) is 10.7. The van der Waals surface area contributed by atoms with Gasteiger partial charge in [-0.2, -0.15) is 0 Å². The van der Waals surface area contributed by atoms with Crippen LogP contribution in [-0.2, 0) is 24.6 Å². The zero-order valence-electron chi connectivity index (χ0n) is 19.9. The van der Waals surface area contributed by atoms with Crippen LogP contribution < -0.4 is 5.32 Å². The van der Waals surface area contributed by atoms with Gasteiger partial charge in [0.1, 0.15) is 0 Å². The molecule has 0 radical (unpaired) electrons. The molecule has 1 aliphatic rings. The molecule has 1 saturated heterocycles. The van der Waals surface area contributed by atoms with Crippen molar-refractivity contribution in [3.63, 3.8) is 0 Å². The van der Waals surface area contributed by atoms with Crippen LogP contribution in [0.5, 0.6) is 0 Å². The van der Waals surface area contributed by atoms with Gasteiger partial charge in [-0.25, -0.2) is 4.79 Å². The van der Waals surface area contributed by atoms with Crippen molar-refractivity contribution in [2.24, 2.45) is 5.92 Å². The van der Waals surface area contributed by atoms with E-state index in [9.17, 15) is 14.4 Å². The van der Waals surface area contributed by atoms with Crippen molar-refractivity contribution < 1.29 is 23.9 Å². The van der Waals surface area contributed by atoms with Crippen LogP contribution in [0.15, 0.2) is 91.0 Å². The van der Waals surface area contributed by atoms with Crippen molar-refractivity contribution in [3.8, 4) is 0 Å². The number of esters is 2. The fourth-order valence-corrected chi connectivity index (χ4v) is 5.26. The summed E-state index contributed by atoms with van der Waals surface area (Å²) in [6.07, 6.45) is 0.0390. The van der Waals surface area contributed by atoms with Crippen molar-refractivity contribution in [3.05, 3.63) is 108 Å². The van der Waals surface area contributed by atoms with Crippen LogP contribution in [0.2, 0.25) is 0 Å². The first-order chi connectivity index (χ1) is 17.4. The Labute approximate surface area is 215 Å². The lowest BCUT2D eigenvalue weighted by Gasteiger charge is -2.41. The van der Waals surface area contributed by atoms with E-state index in [-0.39, 0.29) is 11.5 Å². The Morgan fingerprint density at radius 3 is 1.97 bits per heavy atom. The maximum absolute atomic E-state index is 13.7. The number of carbonyl (C=O) groups excluding carboxylic acids is 3. The second-order valence-corrected chi connectivity index (χ2v) is 8.79. The number of thiocarbonyl (C=S) groups is 1. The molecular weight excluding hydrogens is 476 g/mol. The van der Waals surface area contributed by atoms with Gasteiger partial charge in [0.15, 0.2) is 10.7 Å². The van der Waals surface area contributed by atoms with E-state index in [4.69, 9.17) is 21.7 Å². The zero-order valence-corrected chi connectivity index (χ0v) is 20.7. The molecule has 3 atom stereocenters. The first-order valence-electron chi connectivity index (χ1n) is 11.4. The fourth-order valence-electron chi connectivity index (χ4n) is 4.90. The first-order valence-corrected chi connectivity index (χ1v) is 11.8. The van der Waals surface area contributed by atoms with Crippen LogP contribution in [0.25, 0.3) is 0 Å². The molecule has 0 bridgehead atoms. The third-order valence-corrected chi connectivity index (χ3v) is 6.78. The van der Waals surface area contributed by atoms with Crippen LogP contribution in [0.3, 0.4) is 0 Å². The third-order valence-electron chi connectivity index (χ3n) is 6.48. The first kappa shape index (κ1) is 25.1. The number of methoxy groups -OCH3 is 2. The number of hydrogen-bond acceptors (Lipinski definition) is 6. The van der Waals surface area contributed by atoms with Crippen LogP contribution in [0.1, 0.15) is 33.9 Å². The highest BCUT2D eigenvalue weighted by Gasteiger charge is 2.61. The summed E-state index contributed by atoms with van der Waals surface area (Å²) >= 11 is 5.79. The molecule has 0 unspecified atom stereocenters. The van der Waals surface area contributed by atoms with Gasteiger partial charge in [0.2, 0.25) is 0 Å². The molecule has 3 aromatic rings. The van der Waals surface area contributed by atoms with Crippen LogP contribution in [0, 0.1) is 5.92 Å². The van der Waals surface area contributed by atoms with Gasteiger partial charge < -0.3 is 14.4 Å². The van der Waals surface area contributed by atoms with Gasteiger partial charge in [-0.1, -0.05) is 78.9 Å². The predicted molar refractivity (Wildman–Crippen MR) is 138 cm³/mol. The van der Waals surface area contributed by atoms with E-state index in [1.807, 2.05) is 36.4 Å². The summed E-state index contributed by atoms with van der Waals surface area (Å²) in [7, 11) is 2.60. The summed E-state index contributed by atoms with van der Waals surface area (Å²) in [6.45, 7) is 0. The second-order valence-electron chi connectivity index (χ2n) is 8.40. The molecule has 0 saturated carbocycles. The van der Waals surface area contributed by atoms with Gasteiger partial charge in [-0.05, 0) is 35.5 Å². The Morgan fingerprint density at radius 1 is 0.861 bits per heavy atom. The molecule has 184 valence electrons. The molecular formula is C28H26N2O5S. The molecule has 7 nitrogen and oxygen atoms in total. The molecule has 0 aromatic heterocycles. The van der Waals surface area contributed by atoms with Crippen LogP contribution in [-0.4, -0.2) is 42.1 Å². The molecule has 1 heterocycles. The highest BCUT2D eigenvalue weighted by molar-refractivity contribution is 7.80. The van der Waals surface area contributed by atoms with E-state index in [0.29, 0.717) is 11.1 Å². The van der Waals surface area contributed by atoms with E-state index in [2.05, 4.69) is 5.32 Å². The molecule has 0 aliphatic carbocycles. The molecule has 3 aromatic carbocycles. The average Bonchev–Trinajstić information content (AvgIpc) is 3.31. The molecule has 1 aliphatic heterocycles. The van der Waals surface area contributed by atoms with E-state index >= 15 is 0 Å². The third kappa shape index (κ3) is 4.47. The number of benzene rings is 3. The minimum Gasteiger partial charge on any atom is -0.469 e. The number of likely N-dealkylation sites (tertiary alicyclic amines) is 1. The van der Waals surface area contributed by atoms with Crippen molar-refractivity contribution in [1.82, 2.24) is 10.2 Å². The number of ether oxygens (including phenoxy) is 2. The molecule has 4 rings (SSSR count). The Kier molecular flexibility index (Phi) is 7.45. The molecule has 36 heavy (non-hydrogen) atoms. The maximum atomic E-state index is 13.7. The van der Waals surface area contributed by atoms with Crippen molar-refractivity contribution in [2.75, 3.05) is 14.2 Å². The summed E-state index contributed by atoms with van der Waals surface area (Å²) < 4.78 is 10.5. The minimum absolute atomic E-state index is 0.00152. The Balaban J connectivity index is 1.91. The summed E-state index contributed by atoms with van der Waals surface area (Å²) in [5.41, 5.74) is 0.241. The number of hydrogen-bond donors (Lipinski definition) is 1. The lowest BCUT2D eigenvalue weighted by atomic mass is 9.84. The van der Waals surface area contributed by atoms with Gasteiger partial charge in [0.25, 0.3) is 5.91 Å². The van der Waals surface area contributed by atoms with Gasteiger partial charge in [0, 0.05) is 12.0 Å². The fraction of sp³-hybridized carbons (Fsp3) is 0.214. The number of carbonyl (C=O) groups is 3. The summed E-state index contributed by atoms with van der Waals surface area (Å²) in [6, 6.07) is 26.2. The van der Waals surface area contributed by atoms with Gasteiger partial charge in [0.05, 0.1) is 26.2 Å². The monoisotopic (exact) mass is 502 g/mol. The lowest BCUT2D eigenvalue weighted by Crippen LogP contribution is -2.55. The molecule has 1 amide bonds. The van der Waals surface area contributed by atoms with Crippen LogP contribution in [0.4, 0.5) is 0 Å². The predicted octanol–water partition coefficient (Wildman–Crippen LogP) is 4.01. The van der Waals surface area contributed by atoms with E-state index in [1.165, 1.54) is 14.2 Å².